The molecule has 1 heterocycles. The Morgan fingerprint density at radius 3 is 2.30 bits per heavy atom. The summed E-state index contributed by atoms with van der Waals surface area (Å²) in [5.74, 6) is -0.204. The highest BCUT2D eigenvalue weighted by atomic mass is 35.5. The molecule has 154 valence electrons. The Kier molecular flexibility index (Phi) is 7.33. The van der Waals surface area contributed by atoms with Crippen LogP contribution in [0.4, 0.5) is 0 Å². The molecule has 0 bridgehead atoms. The number of carbonyl (C=O) groups is 1. The van der Waals surface area contributed by atoms with E-state index in [0.29, 0.717) is 11.6 Å². The molecule has 30 heavy (non-hydrogen) atoms. The number of likely N-dealkylation sites (N-methyl/N-ethyl adjacent to an activating group) is 1. The summed E-state index contributed by atoms with van der Waals surface area (Å²) in [5, 5.41) is 10.0. The van der Waals surface area contributed by atoms with Crippen LogP contribution in [0.3, 0.4) is 0 Å². The van der Waals surface area contributed by atoms with Gasteiger partial charge in [0.15, 0.2) is 5.69 Å². The van der Waals surface area contributed by atoms with Gasteiger partial charge in [0.25, 0.3) is 0 Å². The van der Waals surface area contributed by atoms with Crippen LogP contribution in [-0.4, -0.2) is 55.1 Å². The average molecular weight is 425 g/mol. The SMILES string of the molecule is CN(C)CCOc1ccc(B(Oc2cccnc2C(=O)O)c2ccc(Cl)cc2)cc1. The fourth-order valence-corrected chi connectivity index (χ4v) is 2.95. The molecular formula is C22H22BClN2O4. The summed E-state index contributed by atoms with van der Waals surface area (Å²) < 4.78 is 11.9. The summed E-state index contributed by atoms with van der Waals surface area (Å²) in [6.45, 7) is 0.860. The van der Waals surface area contributed by atoms with Crippen LogP contribution >= 0.6 is 11.6 Å². The van der Waals surface area contributed by atoms with Gasteiger partial charge < -0.3 is 19.4 Å². The van der Waals surface area contributed by atoms with Crippen LogP contribution in [0.1, 0.15) is 10.5 Å². The highest BCUT2D eigenvalue weighted by Gasteiger charge is 2.26. The zero-order chi connectivity index (χ0) is 21.5. The van der Waals surface area contributed by atoms with Gasteiger partial charge in [0.05, 0.1) is 0 Å². The molecule has 0 saturated carbocycles. The minimum absolute atomic E-state index is 0.139. The summed E-state index contributed by atoms with van der Waals surface area (Å²) in [6.07, 6.45) is 1.42. The number of carboxylic acids is 1. The fraction of sp³-hybridized carbons (Fsp3) is 0.182. The number of benzene rings is 2. The van der Waals surface area contributed by atoms with Gasteiger partial charge in [-0.3, -0.25) is 0 Å². The van der Waals surface area contributed by atoms with Crippen LogP contribution in [0, 0.1) is 0 Å². The standard InChI is InChI=1S/C22H22BClN2O4/c1-26(2)14-15-29-19-11-7-17(8-12-19)23(16-5-9-18(24)10-6-16)30-20-4-3-13-25-21(20)22(27)28/h3-13H,14-15H2,1-2H3,(H,27,28). The van der Waals surface area contributed by atoms with Crippen molar-refractivity contribution in [3.8, 4) is 11.5 Å². The van der Waals surface area contributed by atoms with Crippen molar-refractivity contribution in [1.29, 1.82) is 0 Å². The second kappa shape index (κ2) is 10.1. The maximum Gasteiger partial charge on any atom is 0.426 e. The Hall–Kier alpha value is -3.03. The number of rotatable bonds is 9. The molecule has 0 atom stereocenters. The number of pyridine rings is 1. The lowest BCUT2D eigenvalue weighted by molar-refractivity contribution is 0.0688. The van der Waals surface area contributed by atoms with E-state index in [2.05, 4.69) is 4.98 Å². The molecule has 3 rings (SSSR count). The van der Waals surface area contributed by atoms with Crippen molar-refractivity contribution in [2.24, 2.45) is 0 Å². The Morgan fingerprint density at radius 2 is 1.70 bits per heavy atom. The van der Waals surface area contributed by atoms with Crippen LogP contribution in [0.25, 0.3) is 0 Å². The first-order valence-corrected chi connectivity index (χ1v) is 9.80. The second-order valence-electron chi connectivity index (χ2n) is 6.93. The summed E-state index contributed by atoms with van der Waals surface area (Å²) in [7, 11) is 3.98. The summed E-state index contributed by atoms with van der Waals surface area (Å²) in [6, 6.07) is 18.0. The third-order valence-electron chi connectivity index (χ3n) is 4.38. The monoisotopic (exact) mass is 424 g/mol. The first-order chi connectivity index (χ1) is 14.4. The highest BCUT2D eigenvalue weighted by molar-refractivity contribution is 6.80. The van der Waals surface area contributed by atoms with Gasteiger partial charge in [0, 0.05) is 17.8 Å². The average Bonchev–Trinajstić information content (AvgIpc) is 2.73. The van der Waals surface area contributed by atoms with Crippen molar-refractivity contribution >= 4 is 35.4 Å². The first kappa shape index (κ1) is 21.7. The molecule has 6 nitrogen and oxygen atoms in total. The smallest absolute Gasteiger partial charge is 0.426 e. The number of ether oxygens (including phenoxy) is 1. The van der Waals surface area contributed by atoms with Crippen LogP contribution in [-0.2, 0) is 0 Å². The minimum atomic E-state index is -1.15. The molecule has 0 fully saturated rings. The number of aromatic nitrogens is 1. The Morgan fingerprint density at radius 1 is 1.07 bits per heavy atom. The van der Waals surface area contributed by atoms with E-state index in [1.165, 1.54) is 6.20 Å². The quantitative estimate of drug-likeness (QED) is 0.532. The van der Waals surface area contributed by atoms with E-state index in [0.717, 1.165) is 23.2 Å². The third-order valence-corrected chi connectivity index (χ3v) is 4.63. The van der Waals surface area contributed by atoms with Crippen molar-refractivity contribution in [2.45, 2.75) is 0 Å². The topological polar surface area (TPSA) is 71.9 Å². The Balaban J connectivity index is 1.89. The van der Waals surface area contributed by atoms with Crippen molar-refractivity contribution in [1.82, 2.24) is 9.88 Å². The molecular weight excluding hydrogens is 403 g/mol. The molecule has 0 saturated heterocycles. The number of halogens is 1. The molecule has 1 aromatic heterocycles. The molecule has 8 heteroatoms. The van der Waals surface area contributed by atoms with E-state index in [9.17, 15) is 9.90 Å². The molecule has 2 aromatic carbocycles. The van der Waals surface area contributed by atoms with Gasteiger partial charge in [0.1, 0.15) is 18.1 Å². The van der Waals surface area contributed by atoms with Crippen LogP contribution in [0.2, 0.25) is 5.02 Å². The molecule has 0 unspecified atom stereocenters. The van der Waals surface area contributed by atoms with Gasteiger partial charge in [-0.1, -0.05) is 35.9 Å². The lowest BCUT2D eigenvalue weighted by Crippen LogP contribution is -2.47. The van der Waals surface area contributed by atoms with Gasteiger partial charge in [0.2, 0.25) is 0 Å². The third kappa shape index (κ3) is 5.75. The van der Waals surface area contributed by atoms with E-state index >= 15 is 0 Å². The van der Waals surface area contributed by atoms with Crippen LogP contribution < -0.4 is 20.3 Å². The molecule has 3 aromatic rings. The number of aromatic carboxylic acids is 1. The fourth-order valence-electron chi connectivity index (χ4n) is 2.82. The molecule has 0 aliphatic rings. The first-order valence-electron chi connectivity index (χ1n) is 9.42. The van der Waals surface area contributed by atoms with Crippen LogP contribution in [0.5, 0.6) is 11.5 Å². The van der Waals surface area contributed by atoms with E-state index in [-0.39, 0.29) is 11.4 Å². The predicted molar refractivity (Wildman–Crippen MR) is 119 cm³/mol. The normalized spacial score (nSPS) is 10.7. The second-order valence-corrected chi connectivity index (χ2v) is 7.36. The lowest BCUT2D eigenvalue weighted by atomic mass is 9.55. The van der Waals surface area contributed by atoms with Crippen molar-refractivity contribution in [3.63, 3.8) is 0 Å². The lowest BCUT2D eigenvalue weighted by Gasteiger charge is -2.18. The molecule has 0 radical (unpaired) electrons. The van der Waals surface area contributed by atoms with Crippen molar-refractivity contribution in [2.75, 3.05) is 27.2 Å². The van der Waals surface area contributed by atoms with Gasteiger partial charge in [-0.2, -0.15) is 0 Å². The maximum atomic E-state index is 11.5. The number of nitrogens with zero attached hydrogens (tertiary/aromatic N) is 2. The Bertz CT molecular complexity index is 981. The van der Waals surface area contributed by atoms with E-state index in [1.54, 1.807) is 24.3 Å². The number of hydrogen-bond acceptors (Lipinski definition) is 5. The van der Waals surface area contributed by atoms with E-state index < -0.39 is 12.9 Å². The largest absolute Gasteiger partial charge is 0.550 e. The van der Waals surface area contributed by atoms with E-state index in [4.69, 9.17) is 21.0 Å². The molecule has 0 aliphatic carbocycles. The number of carboxylic acid groups (broad SMARTS) is 1. The maximum absolute atomic E-state index is 11.5. The van der Waals surface area contributed by atoms with Crippen molar-refractivity contribution in [3.05, 3.63) is 77.6 Å². The molecule has 0 spiro atoms. The Labute approximate surface area is 181 Å². The number of hydrogen-bond donors (Lipinski definition) is 1. The predicted octanol–water partition coefficient (Wildman–Crippen LogP) is 2.56. The zero-order valence-electron chi connectivity index (χ0n) is 16.8. The zero-order valence-corrected chi connectivity index (χ0v) is 17.5. The summed E-state index contributed by atoms with van der Waals surface area (Å²) in [4.78, 5) is 17.5. The van der Waals surface area contributed by atoms with Gasteiger partial charge in [-0.25, -0.2) is 9.78 Å². The van der Waals surface area contributed by atoms with Crippen molar-refractivity contribution < 1.29 is 19.3 Å². The van der Waals surface area contributed by atoms with Gasteiger partial charge in [-0.05, 0) is 61.4 Å². The highest BCUT2D eigenvalue weighted by Crippen LogP contribution is 2.17. The minimum Gasteiger partial charge on any atom is -0.550 e. The molecule has 0 amide bonds. The summed E-state index contributed by atoms with van der Waals surface area (Å²) >= 11 is 6.03. The van der Waals surface area contributed by atoms with Gasteiger partial charge >= 0.3 is 12.9 Å². The summed E-state index contributed by atoms with van der Waals surface area (Å²) in [5.41, 5.74) is 1.54. The molecule has 1 N–H and O–H groups in total. The van der Waals surface area contributed by atoms with E-state index in [1.807, 2.05) is 55.4 Å². The molecule has 0 aliphatic heterocycles. The van der Waals surface area contributed by atoms with Crippen LogP contribution in [0.15, 0.2) is 66.9 Å². The van der Waals surface area contributed by atoms with Gasteiger partial charge in [-0.15, -0.1) is 0 Å².